The van der Waals surface area contributed by atoms with E-state index in [0.717, 1.165) is 22.9 Å². The van der Waals surface area contributed by atoms with Crippen LogP contribution in [-0.4, -0.2) is 30.8 Å². The maximum atomic E-state index is 13.2. The highest BCUT2D eigenvalue weighted by Gasteiger charge is 2.38. The quantitative estimate of drug-likeness (QED) is 0.742. The smallest absolute Gasteiger partial charge is 0.268 e. The van der Waals surface area contributed by atoms with Crippen molar-refractivity contribution in [3.8, 4) is 5.75 Å². The number of carbonyl (C=O) groups excluding carboxylic acids is 1. The predicted molar refractivity (Wildman–Crippen MR) is 106 cm³/mol. The van der Waals surface area contributed by atoms with Crippen LogP contribution in [0.2, 0.25) is 5.02 Å². The van der Waals surface area contributed by atoms with Gasteiger partial charge < -0.3 is 19.4 Å². The van der Waals surface area contributed by atoms with Crippen molar-refractivity contribution in [3.05, 3.63) is 64.8 Å². The first-order chi connectivity index (χ1) is 13.1. The number of rotatable bonds is 4. The second kappa shape index (κ2) is 6.91. The third-order valence-electron chi connectivity index (χ3n) is 5.28. The van der Waals surface area contributed by atoms with Gasteiger partial charge in [-0.15, -0.1) is 0 Å². The lowest BCUT2D eigenvalue weighted by atomic mass is 9.89. The van der Waals surface area contributed by atoms with Gasteiger partial charge in [-0.05, 0) is 23.8 Å². The number of methoxy groups -OCH3 is 1. The molecule has 0 radical (unpaired) electrons. The van der Waals surface area contributed by atoms with E-state index in [1.54, 1.807) is 7.11 Å². The molecule has 0 spiro atoms. The first-order valence-electron chi connectivity index (χ1n) is 8.83. The van der Waals surface area contributed by atoms with Gasteiger partial charge in [-0.3, -0.25) is 4.79 Å². The van der Waals surface area contributed by atoms with Crippen LogP contribution >= 0.6 is 11.6 Å². The first kappa shape index (κ1) is 17.9. The molecule has 1 saturated heterocycles. The minimum absolute atomic E-state index is 0.155. The fourth-order valence-electron chi connectivity index (χ4n) is 3.73. The standard InChI is InChI=1S/C21H21ClN2O3/c1-24-16-8-9-18(26-2)19(22)15(16)12-17(24)20(25)23-21(10-11-27-13-21)14-6-4-3-5-7-14/h3-9,12H,10-11,13H2,1-2H3,(H,23,25). The lowest BCUT2D eigenvalue weighted by Crippen LogP contribution is -2.46. The average molecular weight is 385 g/mol. The van der Waals surface area contributed by atoms with Crippen LogP contribution in [0.15, 0.2) is 48.5 Å². The highest BCUT2D eigenvalue weighted by molar-refractivity contribution is 6.37. The Hall–Kier alpha value is -2.50. The summed E-state index contributed by atoms with van der Waals surface area (Å²) in [4.78, 5) is 13.2. The summed E-state index contributed by atoms with van der Waals surface area (Å²) >= 11 is 6.44. The second-order valence-corrected chi connectivity index (χ2v) is 7.19. The minimum Gasteiger partial charge on any atom is -0.495 e. The topological polar surface area (TPSA) is 52.5 Å². The fourth-order valence-corrected chi connectivity index (χ4v) is 4.02. The van der Waals surface area contributed by atoms with Gasteiger partial charge in [0.15, 0.2) is 0 Å². The van der Waals surface area contributed by atoms with E-state index in [2.05, 4.69) is 5.32 Å². The van der Waals surface area contributed by atoms with Crippen LogP contribution in [0.1, 0.15) is 22.5 Å². The fraction of sp³-hybridized carbons (Fsp3) is 0.286. The molecule has 1 fully saturated rings. The number of hydrogen-bond acceptors (Lipinski definition) is 3. The number of fused-ring (bicyclic) bond motifs is 1. The molecular weight excluding hydrogens is 364 g/mol. The summed E-state index contributed by atoms with van der Waals surface area (Å²) < 4.78 is 12.8. The van der Waals surface area contributed by atoms with E-state index in [0.29, 0.717) is 29.7 Å². The molecule has 5 nitrogen and oxygen atoms in total. The van der Waals surface area contributed by atoms with Crippen molar-refractivity contribution in [2.45, 2.75) is 12.0 Å². The number of benzene rings is 2. The maximum Gasteiger partial charge on any atom is 0.268 e. The number of ether oxygens (including phenoxy) is 2. The molecule has 4 rings (SSSR count). The van der Waals surface area contributed by atoms with Gasteiger partial charge in [0.05, 0.1) is 29.8 Å². The molecule has 1 amide bonds. The predicted octanol–water partition coefficient (Wildman–Crippen LogP) is 3.89. The summed E-state index contributed by atoms with van der Waals surface area (Å²) in [7, 11) is 3.44. The zero-order valence-electron chi connectivity index (χ0n) is 15.3. The second-order valence-electron chi connectivity index (χ2n) is 6.81. The van der Waals surface area contributed by atoms with E-state index in [1.165, 1.54) is 0 Å². The van der Waals surface area contributed by atoms with Gasteiger partial charge in [-0.1, -0.05) is 41.9 Å². The van der Waals surface area contributed by atoms with Gasteiger partial charge in [-0.25, -0.2) is 0 Å². The third-order valence-corrected chi connectivity index (χ3v) is 5.67. The molecule has 0 bridgehead atoms. The number of amides is 1. The van der Waals surface area contributed by atoms with Crippen LogP contribution in [-0.2, 0) is 17.3 Å². The van der Waals surface area contributed by atoms with Crippen LogP contribution < -0.4 is 10.1 Å². The summed E-state index contributed by atoms with van der Waals surface area (Å²) in [6.07, 6.45) is 0.737. The molecule has 0 saturated carbocycles. The molecule has 1 aromatic heterocycles. The summed E-state index contributed by atoms with van der Waals surface area (Å²) in [5.74, 6) is 0.435. The SMILES string of the molecule is COc1ccc2c(cc(C(=O)NC3(c4ccccc4)CCOC3)n2C)c1Cl. The molecule has 1 aliphatic rings. The normalized spacial score (nSPS) is 19.4. The van der Waals surface area contributed by atoms with E-state index in [9.17, 15) is 4.79 Å². The Kier molecular flexibility index (Phi) is 4.58. The molecule has 140 valence electrons. The Morgan fingerprint density at radius 3 is 2.70 bits per heavy atom. The van der Waals surface area contributed by atoms with Gasteiger partial charge in [0.2, 0.25) is 0 Å². The first-order valence-corrected chi connectivity index (χ1v) is 9.21. The lowest BCUT2D eigenvalue weighted by molar-refractivity contribution is 0.0868. The molecule has 3 aromatic rings. The maximum absolute atomic E-state index is 13.2. The molecule has 1 aliphatic heterocycles. The molecule has 2 heterocycles. The molecule has 27 heavy (non-hydrogen) atoms. The number of carbonyl (C=O) groups is 1. The number of halogens is 1. The van der Waals surface area contributed by atoms with Gasteiger partial charge in [0.1, 0.15) is 11.4 Å². The monoisotopic (exact) mass is 384 g/mol. The summed E-state index contributed by atoms with van der Waals surface area (Å²) in [6, 6.07) is 15.5. The van der Waals surface area contributed by atoms with E-state index >= 15 is 0 Å². The zero-order chi connectivity index (χ0) is 19.0. The van der Waals surface area contributed by atoms with Crippen molar-refractivity contribution in [2.75, 3.05) is 20.3 Å². The van der Waals surface area contributed by atoms with E-state index in [-0.39, 0.29) is 5.91 Å². The van der Waals surface area contributed by atoms with Crippen molar-refractivity contribution in [1.29, 1.82) is 0 Å². The van der Waals surface area contributed by atoms with Crippen LogP contribution in [0.25, 0.3) is 10.9 Å². The lowest BCUT2D eigenvalue weighted by Gasteiger charge is -2.29. The number of nitrogens with zero attached hydrogens (tertiary/aromatic N) is 1. The van der Waals surface area contributed by atoms with Gasteiger partial charge in [-0.2, -0.15) is 0 Å². The number of nitrogens with one attached hydrogen (secondary N) is 1. The molecular formula is C21H21ClN2O3. The molecule has 1 N–H and O–H groups in total. The van der Waals surface area contributed by atoms with E-state index in [1.807, 2.05) is 60.1 Å². The molecule has 2 aromatic carbocycles. The Morgan fingerprint density at radius 2 is 2.04 bits per heavy atom. The van der Waals surface area contributed by atoms with Crippen molar-refractivity contribution < 1.29 is 14.3 Å². The minimum atomic E-state index is -0.518. The van der Waals surface area contributed by atoms with Crippen LogP contribution in [0.4, 0.5) is 0 Å². The van der Waals surface area contributed by atoms with Crippen molar-refractivity contribution in [3.63, 3.8) is 0 Å². The molecule has 1 unspecified atom stereocenters. The van der Waals surface area contributed by atoms with Gasteiger partial charge in [0.25, 0.3) is 5.91 Å². The molecule has 0 aliphatic carbocycles. The number of hydrogen-bond donors (Lipinski definition) is 1. The summed E-state index contributed by atoms with van der Waals surface area (Å²) in [6.45, 7) is 1.08. The Balaban J connectivity index is 1.72. The van der Waals surface area contributed by atoms with E-state index < -0.39 is 5.54 Å². The third kappa shape index (κ3) is 2.97. The summed E-state index contributed by atoms with van der Waals surface area (Å²) in [5, 5.41) is 4.51. The Bertz CT molecular complexity index is 992. The highest BCUT2D eigenvalue weighted by Crippen LogP contribution is 2.35. The van der Waals surface area contributed by atoms with Gasteiger partial charge in [0, 0.05) is 25.5 Å². The highest BCUT2D eigenvalue weighted by atomic mass is 35.5. The van der Waals surface area contributed by atoms with Crippen molar-refractivity contribution in [2.24, 2.45) is 7.05 Å². The largest absolute Gasteiger partial charge is 0.495 e. The Labute approximate surface area is 162 Å². The number of aromatic nitrogens is 1. The Morgan fingerprint density at radius 1 is 1.26 bits per heavy atom. The number of aryl methyl sites for hydroxylation is 1. The van der Waals surface area contributed by atoms with Crippen LogP contribution in [0.5, 0.6) is 5.75 Å². The van der Waals surface area contributed by atoms with Crippen LogP contribution in [0.3, 0.4) is 0 Å². The molecule has 6 heteroatoms. The van der Waals surface area contributed by atoms with Gasteiger partial charge >= 0.3 is 0 Å². The van der Waals surface area contributed by atoms with Crippen molar-refractivity contribution >= 4 is 28.4 Å². The summed E-state index contributed by atoms with van der Waals surface area (Å²) in [5.41, 5.74) is 1.95. The van der Waals surface area contributed by atoms with E-state index in [4.69, 9.17) is 21.1 Å². The zero-order valence-corrected chi connectivity index (χ0v) is 16.0. The van der Waals surface area contributed by atoms with Crippen molar-refractivity contribution in [1.82, 2.24) is 9.88 Å². The average Bonchev–Trinajstić information content (AvgIpc) is 3.29. The van der Waals surface area contributed by atoms with Crippen LogP contribution in [0, 0.1) is 0 Å². The molecule has 1 atom stereocenters.